The highest BCUT2D eigenvalue weighted by molar-refractivity contribution is 7.14. The van der Waals surface area contributed by atoms with Crippen LogP contribution in [0.15, 0.2) is 146 Å². The summed E-state index contributed by atoms with van der Waals surface area (Å²) in [7, 11) is -17.4. The summed E-state index contributed by atoms with van der Waals surface area (Å²) in [5, 5.41) is 3.37. The maximum atomic E-state index is 7.82. The molecule has 6 aromatic rings. The molecule has 5 saturated heterocycles. The van der Waals surface area contributed by atoms with Crippen molar-refractivity contribution in [2.24, 2.45) is 0 Å². The zero-order valence-corrected chi connectivity index (χ0v) is 41.0. The lowest BCUT2D eigenvalue weighted by Crippen LogP contribution is -2.96. The first-order chi connectivity index (χ1) is 30.6. The van der Waals surface area contributed by atoms with E-state index in [0.29, 0.717) is 65.6 Å². The Labute approximate surface area is 370 Å². The van der Waals surface area contributed by atoms with Crippen molar-refractivity contribution < 1.29 is 65.5 Å². The standard InChI is InChI=1S/C42H42O15Si6/c1-43-31-7-19-37(20-8-31)58-49-59(38-21-9-32(44-2)10-22-38)51-60(50-58,39-23-11-33(45-3)12-24-39)57-63(42-29-17-36(48-6)18-30-42)53-61(55-58,40-25-13-34(46-4)14-26-40)52-62(54-63,56-59)41-27-15-35(47-5)16-28-41/h7-30H,1-6H3. The minimum Gasteiger partial charge on any atom is -0.497 e. The van der Waals surface area contributed by atoms with Gasteiger partial charge in [-0.3, -0.25) is 0 Å². The molecule has 5 aliphatic rings. The molecule has 15 nitrogen and oxygen atoms in total. The highest BCUT2D eigenvalue weighted by Crippen LogP contribution is 2.48. The van der Waals surface area contributed by atoms with Crippen LogP contribution in [-0.2, 0) is 37.0 Å². The normalized spacial score (nSPS) is 29.2. The average molecular weight is 955 g/mol. The van der Waals surface area contributed by atoms with Crippen molar-refractivity contribution in [1.82, 2.24) is 0 Å². The van der Waals surface area contributed by atoms with Gasteiger partial charge in [-0.1, -0.05) is 72.8 Å². The van der Waals surface area contributed by atoms with Gasteiger partial charge in [0.05, 0.1) is 42.7 Å². The molecule has 21 heteroatoms. The molecule has 5 heterocycles. The highest BCUT2D eigenvalue weighted by Gasteiger charge is 2.85. The van der Waals surface area contributed by atoms with E-state index in [4.69, 9.17) is 65.5 Å². The number of hydrogen-bond acceptors (Lipinski definition) is 15. The van der Waals surface area contributed by atoms with E-state index in [1.165, 1.54) is 0 Å². The van der Waals surface area contributed by atoms with Crippen LogP contribution in [0.3, 0.4) is 0 Å². The lowest BCUT2D eigenvalue weighted by atomic mass is 10.3. The fourth-order valence-corrected chi connectivity index (χ4v) is 42.2. The van der Waals surface area contributed by atoms with E-state index in [1.807, 2.05) is 146 Å². The summed E-state index contributed by atoms with van der Waals surface area (Å²) in [5.41, 5.74) is 0. The van der Waals surface area contributed by atoms with Gasteiger partial charge in [-0.2, -0.15) is 0 Å². The van der Waals surface area contributed by atoms with Crippen molar-refractivity contribution in [2.45, 2.75) is 0 Å². The van der Waals surface area contributed by atoms with E-state index >= 15 is 0 Å². The van der Waals surface area contributed by atoms with Crippen LogP contribution < -0.4 is 59.5 Å². The fraction of sp³-hybridized carbons (Fsp3) is 0.143. The van der Waals surface area contributed by atoms with Crippen LogP contribution in [-0.4, -0.2) is 95.5 Å². The lowest BCUT2D eigenvalue weighted by Gasteiger charge is -2.62. The third-order valence-electron chi connectivity index (χ3n) is 11.1. The lowest BCUT2D eigenvalue weighted by molar-refractivity contribution is -0.00412. The molecular weight excluding hydrogens is 913 g/mol. The molecule has 0 spiro atoms. The maximum absolute atomic E-state index is 7.82. The van der Waals surface area contributed by atoms with Crippen molar-refractivity contribution in [1.29, 1.82) is 0 Å². The number of ether oxygens (including phenoxy) is 6. The summed E-state index contributed by atoms with van der Waals surface area (Å²) in [6.45, 7) is 0. The molecule has 0 atom stereocenters. The van der Waals surface area contributed by atoms with Gasteiger partial charge in [0.1, 0.15) is 34.5 Å². The van der Waals surface area contributed by atoms with Crippen LogP contribution in [0, 0.1) is 0 Å². The number of methoxy groups -OCH3 is 6. The third-order valence-corrected chi connectivity index (χ3v) is 36.7. The van der Waals surface area contributed by atoms with Gasteiger partial charge < -0.3 is 65.5 Å². The Kier molecular flexibility index (Phi) is 10.6. The molecule has 0 aromatic heterocycles. The molecule has 0 radical (unpaired) electrons. The Balaban J connectivity index is 1.35. The maximum Gasteiger partial charge on any atom is 0.515 e. The van der Waals surface area contributed by atoms with E-state index in [-0.39, 0.29) is 0 Å². The number of hydrogen-bond donors (Lipinski definition) is 0. The molecule has 11 rings (SSSR count). The van der Waals surface area contributed by atoms with Gasteiger partial charge in [0.15, 0.2) is 0 Å². The molecule has 6 aromatic carbocycles. The van der Waals surface area contributed by atoms with Gasteiger partial charge in [-0.05, 0) is 72.8 Å². The molecule has 63 heavy (non-hydrogen) atoms. The summed E-state index contributed by atoms with van der Waals surface area (Å²) in [5.74, 6) is 3.65. The van der Waals surface area contributed by atoms with Gasteiger partial charge in [0, 0.05) is 31.1 Å². The number of rotatable bonds is 12. The minimum absolute atomic E-state index is 0.561. The van der Waals surface area contributed by atoms with E-state index < -0.39 is 52.8 Å². The largest absolute Gasteiger partial charge is 0.515 e. The second kappa shape index (κ2) is 15.9. The molecule has 5 aliphatic heterocycles. The van der Waals surface area contributed by atoms with Crippen LogP contribution in [0.25, 0.3) is 0 Å². The minimum atomic E-state index is -4.50. The van der Waals surface area contributed by atoms with Crippen LogP contribution in [0.4, 0.5) is 0 Å². The molecule has 0 aliphatic carbocycles. The molecule has 6 bridgehead atoms. The van der Waals surface area contributed by atoms with Crippen molar-refractivity contribution >= 4 is 83.9 Å². The van der Waals surface area contributed by atoms with E-state index in [2.05, 4.69) is 0 Å². The Morgan fingerprint density at radius 2 is 0.317 bits per heavy atom. The Morgan fingerprint density at radius 1 is 0.206 bits per heavy atom. The van der Waals surface area contributed by atoms with Gasteiger partial charge in [0.25, 0.3) is 0 Å². The molecule has 324 valence electrons. The predicted molar refractivity (Wildman–Crippen MR) is 240 cm³/mol. The molecule has 0 N–H and O–H groups in total. The number of benzene rings is 6. The highest BCUT2D eigenvalue weighted by atomic mass is 28.6. The topological polar surface area (TPSA) is 138 Å². The van der Waals surface area contributed by atoms with E-state index in [1.54, 1.807) is 42.7 Å². The summed E-state index contributed by atoms with van der Waals surface area (Å²) < 4.78 is 103. The quantitative estimate of drug-likeness (QED) is 0.166. The summed E-state index contributed by atoms with van der Waals surface area (Å²) in [4.78, 5) is 0. The van der Waals surface area contributed by atoms with Crippen molar-refractivity contribution in [3.8, 4) is 34.5 Å². The van der Waals surface area contributed by atoms with Gasteiger partial charge >= 0.3 is 52.8 Å². The monoisotopic (exact) mass is 954 g/mol. The Bertz CT molecular complexity index is 2110. The van der Waals surface area contributed by atoms with Gasteiger partial charge in [-0.25, -0.2) is 0 Å². The van der Waals surface area contributed by atoms with Crippen molar-refractivity contribution in [2.75, 3.05) is 42.7 Å². The zero-order chi connectivity index (χ0) is 43.5. The summed E-state index contributed by atoms with van der Waals surface area (Å²) in [6.07, 6.45) is 0. The smallest absolute Gasteiger partial charge is 0.497 e. The Morgan fingerprint density at radius 3 is 0.413 bits per heavy atom. The Hall–Kier alpha value is -4.94. The van der Waals surface area contributed by atoms with Crippen molar-refractivity contribution in [3.05, 3.63) is 146 Å². The van der Waals surface area contributed by atoms with Gasteiger partial charge in [-0.15, -0.1) is 0 Å². The van der Waals surface area contributed by atoms with Crippen LogP contribution in [0.1, 0.15) is 0 Å². The first-order valence-corrected chi connectivity index (χ1v) is 30.1. The molecule has 5 fully saturated rings. The fourth-order valence-electron chi connectivity index (χ4n) is 7.80. The average Bonchev–Trinajstić information content (AvgIpc) is 3.33. The van der Waals surface area contributed by atoms with Crippen molar-refractivity contribution in [3.63, 3.8) is 0 Å². The molecule has 0 saturated carbocycles. The van der Waals surface area contributed by atoms with Crippen LogP contribution in [0.5, 0.6) is 34.5 Å². The second-order valence-corrected chi connectivity index (χ2v) is 32.1. The van der Waals surface area contributed by atoms with E-state index in [0.717, 1.165) is 0 Å². The first kappa shape index (κ1) is 42.0. The predicted octanol–water partition coefficient (Wildman–Crippen LogP) is 2.32. The SMILES string of the molecule is COc1ccc([Si]23O[Si]4(c5ccc(OC)cc5)O[Si](c5ccc(OC)cc5)(O2)O[Si]2(c5ccc(OC)cc5)O[Si](c5ccc(OC)cc5)(O[Si](c5ccc(OC)cc5)(O2)O4)O3)cc1. The first-order valence-electron chi connectivity index (χ1n) is 19.8. The molecular formula is C42H42O15Si6. The molecule has 0 unspecified atom stereocenters. The van der Waals surface area contributed by atoms with Crippen LogP contribution >= 0.6 is 0 Å². The second-order valence-electron chi connectivity index (χ2n) is 14.6. The van der Waals surface area contributed by atoms with Gasteiger partial charge in [0.2, 0.25) is 0 Å². The summed E-state index contributed by atoms with van der Waals surface area (Å²) >= 11 is 0. The molecule has 0 amide bonds. The van der Waals surface area contributed by atoms with E-state index in [9.17, 15) is 0 Å². The van der Waals surface area contributed by atoms with Crippen LogP contribution in [0.2, 0.25) is 0 Å². The summed E-state index contributed by atoms with van der Waals surface area (Å²) in [6, 6.07) is 44.2. The third kappa shape index (κ3) is 7.01. The zero-order valence-electron chi connectivity index (χ0n) is 35.0.